The minimum absolute atomic E-state index is 0.0600. The molecule has 0 aliphatic carbocycles. The van der Waals surface area contributed by atoms with Crippen molar-refractivity contribution in [3.63, 3.8) is 0 Å². The second kappa shape index (κ2) is 8.67. The number of fused-ring (bicyclic) bond motifs is 1. The van der Waals surface area contributed by atoms with Crippen LogP contribution in [0.15, 0.2) is 72.8 Å². The maximum Gasteiger partial charge on any atom is 0.280 e. The van der Waals surface area contributed by atoms with E-state index in [1.807, 2.05) is 0 Å². The van der Waals surface area contributed by atoms with Crippen LogP contribution in [-0.2, 0) is 0 Å². The Bertz CT molecular complexity index is 1410. The highest BCUT2D eigenvalue weighted by Gasteiger charge is 2.27. The van der Waals surface area contributed by atoms with E-state index in [-0.39, 0.29) is 33.6 Å². The third kappa shape index (κ3) is 3.71. The van der Waals surface area contributed by atoms with Gasteiger partial charge >= 0.3 is 0 Å². The zero-order valence-electron chi connectivity index (χ0n) is 18.3. The Balaban J connectivity index is 1.98. The summed E-state index contributed by atoms with van der Waals surface area (Å²) in [6.07, 6.45) is 0. The Hall–Kier alpha value is -4.72. The highest BCUT2D eigenvalue weighted by molar-refractivity contribution is 6.24. The van der Waals surface area contributed by atoms with Crippen molar-refractivity contribution in [1.29, 1.82) is 0 Å². The Labute approximate surface area is 193 Å². The third-order valence-electron chi connectivity index (χ3n) is 5.76. The SMILES string of the molecule is Cc1ccc2c(C(=O)c3ccccc3[N+](=O)[O-])c(C)ccc2c1C(=O)c1ccccc1[N+](=O)[O-]. The van der Waals surface area contributed by atoms with Crippen molar-refractivity contribution < 1.29 is 19.4 Å². The Morgan fingerprint density at radius 1 is 0.588 bits per heavy atom. The average Bonchev–Trinajstić information content (AvgIpc) is 2.83. The Morgan fingerprint density at radius 2 is 0.941 bits per heavy atom. The normalized spacial score (nSPS) is 10.8. The summed E-state index contributed by atoms with van der Waals surface area (Å²) in [6, 6.07) is 18.1. The molecule has 0 aromatic heterocycles. The summed E-state index contributed by atoms with van der Waals surface area (Å²) < 4.78 is 0. The monoisotopic (exact) mass is 454 g/mol. The van der Waals surface area contributed by atoms with E-state index < -0.39 is 21.4 Å². The van der Waals surface area contributed by atoms with Crippen LogP contribution in [-0.4, -0.2) is 21.4 Å². The second-order valence-electron chi connectivity index (χ2n) is 7.82. The predicted octanol–water partition coefficient (Wildman–Crippen LogP) is 5.74. The molecule has 4 rings (SSSR count). The van der Waals surface area contributed by atoms with Crippen molar-refractivity contribution in [2.24, 2.45) is 0 Å². The van der Waals surface area contributed by atoms with Crippen LogP contribution in [0, 0.1) is 34.1 Å². The van der Waals surface area contributed by atoms with Gasteiger partial charge in [0.05, 0.1) is 9.85 Å². The lowest BCUT2D eigenvalue weighted by molar-refractivity contribution is -0.385. The lowest BCUT2D eigenvalue weighted by Gasteiger charge is -2.15. The number of carbonyl (C=O) groups excluding carboxylic acids is 2. The molecule has 4 aromatic rings. The lowest BCUT2D eigenvalue weighted by atomic mass is 9.87. The van der Waals surface area contributed by atoms with Crippen molar-refractivity contribution >= 4 is 33.7 Å². The van der Waals surface area contributed by atoms with E-state index in [0.717, 1.165) is 0 Å². The molecule has 0 N–H and O–H groups in total. The van der Waals surface area contributed by atoms with E-state index in [0.29, 0.717) is 21.9 Å². The van der Waals surface area contributed by atoms with Gasteiger partial charge in [-0.2, -0.15) is 0 Å². The molecule has 34 heavy (non-hydrogen) atoms. The molecule has 0 heterocycles. The van der Waals surface area contributed by atoms with Gasteiger partial charge < -0.3 is 0 Å². The largest absolute Gasteiger partial charge is 0.288 e. The van der Waals surface area contributed by atoms with E-state index in [4.69, 9.17) is 0 Å². The molecule has 0 amide bonds. The Kier molecular flexibility index (Phi) is 5.73. The molecule has 0 unspecified atom stereocenters. The highest BCUT2D eigenvalue weighted by atomic mass is 16.6. The van der Waals surface area contributed by atoms with Gasteiger partial charge in [-0.25, -0.2) is 0 Å². The molecule has 0 radical (unpaired) electrons. The number of nitro benzene ring substituents is 2. The quantitative estimate of drug-likeness (QED) is 0.208. The summed E-state index contributed by atoms with van der Waals surface area (Å²) in [6.45, 7) is 3.43. The number of benzene rings is 4. The molecule has 168 valence electrons. The van der Waals surface area contributed by atoms with E-state index in [1.54, 1.807) is 50.2 Å². The number of carbonyl (C=O) groups is 2. The number of rotatable bonds is 6. The van der Waals surface area contributed by atoms with E-state index in [9.17, 15) is 29.8 Å². The van der Waals surface area contributed by atoms with E-state index in [2.05, 4.69) is 0 Å². The molecule has 0 bridgehead atoms. The van der Waals surface area contributed by atoms with Gasteiger partial charge in [0.15, 0.2) is 0 Å². The maximum atomic E-state index is 13.5. The van der Waals surface area contributed by atoms with Crippen LogP contribution in [0.5, 0.6) is 0 Å². The summed E-state index contributed by atoms with van der Waals surface area (Å²) >= 11 is 0. The first-order chi connectivity index (χ1) is 16.2. The number of nitrogens with zero attached hydrogens (tertiary/aromatic N) is 2. The number of hydrogen-bond donors (Lipinski definition) is 0. The minimum Gasteiger partial charge on any atom is -0.288 e. The molecule has 0 fully saturated rings. The summed E-state index contributed by atoms with van der Waals surface area (Å²) in [7, 11) is 0. The van der Waals surface area contributed by atoms with Crippen LogP contribution in [0.3, 0.4) is 0 Å². The zero-order valence-corrected chi connectivity index (χ0v) is 18.3. The second-order valence-corrected chi connectivity index (χ2v) is 7.82. The van der Waals surface area contributed by atoms with Gasteiger partial charge in [0.1, 0.15) is 11.1 Å². The third-order valence-corrected chi connectivity index (χ3v) is 5.76. The molecule has 8 heteroatoms. The van der Waals surface area contributed by atoms with Gasteiger partial charge in [0.2, 0.25) is 11.6 Å². The maximum absolute atomic E-state index is 13.5. The smallest absolute Gasteiger partial charge is 0.280 e. The predicted molar refractivity (Wildman–Crippen MR) is 126 cm³/mol. The van der Waals surface area contributed by atoms with Crippen LogP contribution in [0.25, 0.3) is 10.8 Å². The topological polar surface area (TPSA) is 120 Å². The first kappa shape index (κ1) is 22.5. The fourth-order valence-electron chi connectivity index (χ4n) is 4.15. The molecule has 0 atom stereocenters. The Morgan fingerprint density at radius 3 is 1.29 bits per heavy atom. The summed E-state index contributed by atoms with van der Waals surface area (Å²) in [5.41, 5.74) is 0.906. The van der Waals surface area contributed by atoms with Gasteiger partial charge in [-0.1, -0.05) is 48.5 Å². The van der Waals surface area contributed by atoms with Gasteiger partial charge in [-0.3, -0.25) is 29.8 Å². The van der Waals surface area contributed by atoms with Crippen molar-refractivity contribution in [2.75, 3.05) is 0 Å². The van der Waals surface area contributed by atoms with Crippen LogP contribution in [0.2, 0.25) is 0 Å². The number of hydrogen-bond acceptors (Lipinski definition) is 6. The number of para-hydroxylation sites is 2. The van der Waals surface area contributed by atoms with Gasteiger partial charge in [0.25, 0.3) is 11.4 Å². The molecule has 0 aliphatic rings. The van der Waals surface area contributed by atoms with E-state index in [1.165, 1.54) is 36.4 Å². The standard InChI is InChI=1S/C26H18N2O6/c1-15-11-13-18-17(23(15)25(29)19-7-3-5-9-21(19)27(31)32)14-12-16(2)24(18)26(30)20-8-4-6-10-22(20)28(33)34/h3-14H,1-2H3. The summed E-state index contributed by atoms with van der Waals surface area (Å²) in [5, 5.41) is 23.9. The van der Waals surface area contributed by atoms with Crippen LogP contribution in [0.1, 0.15) is 43.0 Å². The average molecular weight is 454 g/mol. The number of nitro groups is 2. The van der Waals surface area contributed by atoms with Crippen molar-refractivity contribution in [2.45, 2.75) is 13.8 Å². The highest BCUT2D eigenvalue weighted by Crippen LogP contribution is 2.33. The van der Waals surface area contributed by atoms with Gasteiger partial charge in [-0.05, 0) is 47.9 Å². The van der Waals surface area contributed by atoms with Crippen molar-refractivity contribution in [1.82, 2.24) is 0 Å². The molecule has 8 nitrogen and oxygen atoms in total. The number of ketones is 2. The molecule has 4 aromatic carbocycles. The van der Waals surface area contributed by atoms with Gasteiger partial charge in [0, 0.05) is 23.3 Å². The van der Waals surface area contributed by atoms with Crippen molar-refractivity contribution in [3.05, 3.63) is 126 Å². The van der Waals surface area contributed by atoms with E-state index >= 15 is 0 Å². The number of aryl methyl sites for hydroxylation is 2. The molecular weight excluding hydrogens is 436 g/mol. The zero-order chi connectivity index (χ0) is 24.6. The molecule has 0 saturated heterocycles. The molecule has 0 spiro atoms. The van der Waals surface area contributed by atoms with Gasteiger partial charge in [-0.15, -0.1) is 0 Å². The van der Waals surface area contributed by atoms with Crippen LogP contribution >= 0.6 is 0 Å². The first-order valence-corrected chi connectivity index (χ1v) is 10.3. The van der Waals surface area contributed by atoms with Crippen LogP contribution in [0.4, 0.5) is 11.4 Å². The first-order valence-electron chi connectivity index (χ1n) is 10.3. The summed E-state index contributed by atoms with van der Waals surface area (Å²) in [5.74, 6) is -1.08. The fraction of sp³-hybridized carbons (Fsp3) is 0.0769. The summed E-state index contributed by atoms with van der Waals surface area (Å²) in [4.78, 5) is 48.8. The molecule has 0 aliphatic heterocycles. The molecular formula is C26H18N2O6. The fourth-order valence-corrected chi connectivity index (χ4v) is 4.15. The molecule has 0 saturated carbocycles. The van der Waals surface area contributed by atoms with Crippen molar-refractivity contribution in [3.8, 4) is 0 Å². The minimum atomic E-state index is -0.610. The lowest BCUT2D eigenvalue weighted by Crippen LogP contribution is -2.11. The van der Waals surface area contributed by atoms with Crippen LogP contribution < -0.4 is 0 Å².